The molecular weight excluding hydrogens is 396 g/mol. The fourth-order valence-electron chi connectivity index (χ4n) is 3.20. The van der Waals surface area contributed by atoms with Gasteiger partial charge in [0.05, 0.1) is 28.8 Å². The summed E-state index contributed by atoms with van der Waals surface area (Å²) in [6.45, 7) is 10.1. The van der Waals surface area contributed by atoms with E-state index in [1.165, 1.54) is 17.9 Å². The third-order valence-electron chi connectivity index (χ3n) is 5.03. The number of hydrogen-bond acceptors (Lipinski definition) is 7. The molecule has 166 valence electrons. The van der Waals surface area contributed by atoms with E-state index in [-0.39, 0.29) is 24.1 Å². The smallest absolute Gasteiger partial charge is 0.311 e. The summed E-state index contributed by atoms with van der Waals surface area (Å²) >= 11 is 4.04. The van der Waals surface area contributed by atoms with Crippen LogP contribution >= 0.6 is 23.5 Å². The van der Waals surface area contributed by atoms with Gasteiger partial charge in [0.2, 0.25) is 0 Å². The molecule has 0 aromatic rings. The van der Waals surface area contributed by atoms with Crippen molar-refractivity contribution in [2.75, 3.05) is 32.3 Å². The van der Waals surface area contributed by atoms with Crippen molar-refractivity contribution in [3.8, 4) is 0 Å². The van der Waals surface area contributed by atoms with Gasteiger partial charge in [-0.1, -0.05) is 13.8 Å². The van der Waals surface area contributed by atoms with Crippen LogP contribution in [0, 0.1) is 17.3 Å². The van der Waals surface area contributed by atoms with Gasteiger partial charge >= 0.3 is 5.97 Å². The summed E-state index contributed by atoms with van der Waals surface area (Å²) in [6, 6.07) is 0. The molecule has 1 heterocycles. The maximum atomic E-state index is 12.0. The van der Waals surface area contributed by atoms with Gasteiger partial charge in [-0.15, -0.1) is 23.5 Å². The van der Waals surface area contributed by atoms with Crippen LogP contribution in [0.5, 0.6) is 0 Å². The maximum Gasteiger partial charge on any atom is 0.311 e. The number of methoxy groups -OCH3 is 2. The predicted molar refractivity (Wildman–Crippen MR) is 119 cm³/mol. The summed E-state index contributed by atoms with van der Waals surface area (Å²) in [4.78, 5) is 12.0. The van der Waals surface area contributed by atoms with Gasteiger partial charge in [0, 0.05) is 14.2 Å². The molecule has 0 aromatic carbocycles. The van der Waals surface area contributed by atoms with E-state index < -0.39 is 11.5 Å². The number of carbonyl (C=O) groups is 1. The second-order valence-corrected chi connectivity index (χ2v) is 11.7. The zero-order valence-electron chi connectivity index (χ0n) is 18.6. The summed E-state index contributed by atoms with van der Waals surface area (Å²) < 4.78 is 17.2. The first-order valence-electron chi connectivity index (χ1n) is 10.2. The highest BCUT2D eigenvalue weighted by atomic mass is 32.2. The molecule has 5 atom stereocenters. The molecule has 1 rings (SSSR count). The Kier molecular flexibility index (Phi) is 11.8. The molecule has 0 unspecified atom stereocenters. The molecule has 28 heavy (non-hydrogen) atoms. The minimum absolute atomic E-state index is 0.0882. The van der Waals surface area contributed by atoms with Gasteiger partial charge in [0.1, 0.15) is 6.10 Å². The topological polar surface area (TPSA) is 65.0 Å². The molecule has 0 aromatic heterocycles. The second kappa shape index (κ2) is 12.7. The van der Waals surface area contributed by atoms with E-state index in [9.17, 15) is 9.90 Å². The average molecular weight is 437 g/mol. The third-order valence-corrected chi connectivity index (χ3v) is 8.49. The van der Waals surface area contributed by atoms with Gasteiger partial charge in [0.25, 0.3) is 0 Å². The molecule has 0 aliphatic carbocycles. The van der Waals surface area contributed by atoms with Gasteiger partial charge < -0.3 is 19.3 Å². The van der Waals surface area contributed by atoms with Crippen molar-refractivity contribution in [3.63, 3.8) is 0 Å². The van der Waals surface area contributed by atoms with Crippen LogP contribution < -0.4 is 0 Å². The highest BCUT2D eigenvalue weighted by Gasteiger charge is 2.33. The molecule has 1 aliphatic rings. The maximum absolute atomic E-state index is 12.0. The van der Waals surface area contributed by atoms with Crippen molar-refractivity contribution in [1.82, 2.24) is 0 Å². The number of aliphatic hydroxyl groups excluding tert-OH is 1. The fraction of sp³-hybridized carbons (Fsp3) is 0.952. The molecule has 1 aliphatic heterocycles. The van der Waals surface area contributed by atoms with Crippen molar-refractivity contribution in [2.24, 2.45) is 17.3 Å². The second-order valence-electron chi connectivity index (χ2n) is 8.90. The van der Waals surface area contributed by atoms with Crippen molar-refractivity contribution in [1.29, 1.82) is 0 Å². The van der Waals surface area contributed by atoms with Crippen LogP contribution in [0.15, 0.2) is 0 Å². The molecule has 1 fully saturated rings. The predicted octanol–water partition coefficient (Wildman–Crippen LogP) is 4.22. The van der Waals surface area contributed by atoms with Gasteiger partial charge in [0.15, 0.2) is 0 Å². The van der Waals surface area contributed by atoms with Crippen LogP contribution in [0.2, 0.25) is 0 Å². The van der Waals surface area contributed by atoms with E-state index in [1.54, 1.807) is 14.2 Å². The SMILES string of the molecule is CO[C@@H](C[C@@H](C)COC(=O)C(C)(C)C)[C@@H](O)[C@H](C[C@@H](C)C1SCCCS1)OC. The molecule has 0 radical (unpaired) electrons. The summed E-state index contributed by atoms with van der Waals surface area (Å²) in [5.74, 6) is 2.77. The van der Waals surface area contributed by atoms with E-state index in [0.29, 0.717) is 23.5 Å². The number of carbonyl (C=O) groups excluding carboxylic acids is 1. The quantitative estimate of drug-likeness (QED) is 0.487. The minimum atomic E-state index is -0.711. The van der Waals surface area contributed by atoms with Crippen LogP contribution in [0.4, 0.5) is 0 Å². The van der Waals surface area contributed by atoms with Gasteiger partial charge in [-0.25, -0.2) is 0 Å². The van der Waals surface area contributed by atoms with Crippen LogP contribution in [-0.2, 0) is 19.0 Å². The fourth-order valence-corrected chi connectivity index (χ4v) is 6.31. The average Bonchev–Trinajstić information content (AvgIpc) is 2.67. The number of esters is 1. The molecular formula is C21H40O5S2. The zero-order valence-corrected chi connectivity index (χ0v) is 20.2. The minimum Gasteiger partial charge on any atom is -0.465 e. The van der Waals surface area contributed by atoms with Gasteiger partial charge in [-0.3, -0.25) is 4.79 Å². The van der Waals surface area contributed by atoms with E-state index in [1.807, 2.05) is 51.2 Å². The van der Waals surface area contributed by atoms with Crippen LogP contribution in [0.3, 0.4) is 0 Å². The Labute approximate surface area is 180 Å². The number of rotatable bonds is 11. The van der Waals surface area contributed by atoms with E-state index in [4.69, 9.17) is 14.2 Å². The molecule has 1 N–H and O–H groups in total. The first-order valence-corrected chi connectivity index (χ1v) is 12.3. The molecule has 0 amide bonds. The highest BCUT2D eigenvalue weighted by Crippen LogP contribution is 2.38. The molecule has 7 heteroatoms. The van der Waals surface area contributed by atoms with Crippen molar-refractivity contribution < 1.29 is 24.1 Å². The molecule has 0 bridgehead atoms. The summed E-state index contributed by atoms with van der Waals surface area (Å²) in [5, 5.41) is 10.9. The van der Waals surface area contributed by atoms with Crippen molar-refractivity contribution in [2.45, 2.75) is 76.8 Å². The first kappa shape index (κ1) is 26.1. The summed E-state index contributed by atoms with van der Waals surface area (Å²) in [7, 11) is 3.27. The van der Waals surface area contributed by atoms with Gasteiger partial charge in [-0.05, 0) is 63.4 Å². The van der Waals surface area contributed by atoms with Crippen LogP contribution in [-0.4, -0.2) is 66.3 Å². The Morgan fingerprint density at radius 1 is 1.07 bits per heavy atom. The summed E-state index contributed by atoms with van der Waals surface area (Å²) in [6.07, 6.45) is 1.35. The summed E-state index contributed by atoms with van der Waals surface area (Å²) in [5.41, 5.74) is -0.508. The lowest BCUT2D eigenvalue weighted by Crippen LogP contribution is -2.42. The van der Waals surface area contributed by atoms with Crippen LogP contribution in [0.1, 0.15) is 53.9 Å². The third kappa shape index (κ3) is 8.82. The van der Waals surface area contributed by atoms with Crippen molar-refractivity contribution >= 4 is 29.5 Å². The Balaban J connectivity index is 2.55. The highest BCUT2D eigenvalue weighted by molar-refractivity contribution is 8.17. The van der Waals surface area contributed by atoms with E-state index >= 15 is 0 Å². The van der Waals surface area contributed by atoms with E-state index in [0.717, 1.165) is 6.42 Å². The van der Waals surface area contributed by atoms with Crippen molar-refractivity contribution in [3.05, 3.63) is 0 Å². The van der Waals surface area contributed by atoms with E-state index in [2.05, 4.69) is 6.92 Å². The Morgan fingerprint density at radius 2 is 1.61 bits per heavy atom. The first-order chi connectivity index (χ1) is 13.1. The zero-order chi connectivity index (χ0) is 21.3. The van der Waals surface area contributed by atoms with Crippen LogP contribution in [0.25, 0.3) is 0 Å². The lowest BCUT2D eigenvalue weighted by molar-refractivity contribution is -0.155. The molecule has 5 nitrogen and oxygen atoms in total. The lowest BCUT2D eigenvalue weighted by Gasteiger charge is -2.33. The number of hydrogen-bond donors (Lipinski definition) is 1. The monoisotopic (exact) mass is 436 g/mol. The number of ether oxygens (including phenoxy) is 3. The molecule has 0 saturated carbocycles. The molecule has 1 saturated heterocycles. The standard InChI is InChI=1S/C21H40O5S2/c1-14(13-26-20(23)21(3,4)5)11-16(24-6)18(22)17(25-7)12-15(2)19-27-9-8-10-28-19/h14-19,22H,8-13H2,1-7H3/t14-,15-,16+,17+,18-/m1/s1. The number of thioether (sulfide) groups is 2. The molecule has 0 spiro atoms. The largest absolute Gasteiger partial charge is 0.465 e. The normalized spacial score (nSPS) is 21.6. The Bertz CT molecular complexity index is 449. The Morgan fingerprint density at radius 3 is 2.11 bits per heavy atom. The number of aliphatic hydroxyl groups is 1. The van der Waals surface area contributed by atoms with Gasteiger partial charge in [-0.2, -0.15) is 0 Å². The Hall–Kier alpha value is 0.0500. The lowest BCUT2D eigenvalue weighted by atomic mass is 9.93.